The highest BCUT2D eigenvalue weighted by atomic mass is 16.5. The summed E-state index contributed by atoms with van der Waals surface area (Å²) in [5.74, 6) is 2.60. The van der Waals surface area contributed by atoms with Gasteiger partial charge in [0.25, 0.3) is 5.89 Å². The van der Waals surface area contributed by atoms with Crippen molar-refractivity contribution < 1.29 is 23.5 Å². The molecule has 9 nitrogen and oxygen atoms in total. The fraction of sp³-hybridized carbons (Fsp3) is 0.292. The van der Waals surface area contributed by atoms with Gasteiger partial charge in [0.2, 0.25) is 5.82 Å². The number of hydrogen-bond donors (Lipinski definition) is 1. The van der Waals surface area contributed by atoms with Crippen LogP contribution in [0.2, 0.25) is 0 Å². The topological polar surface area (TPSA) is 99.0 Å². The standard InChI is InChI=1S/C24H26N4O5/c1-6-28-14(2)20(23-26-22(27-33-23)16-8-7-9-17(12-16)30-3)21(25-24(28)29)15-10-11-18(31-4)19(13-15)32-5/h7-13,21H,6H2,1-5H3,(H,25,29). The lowest BCUT2D eigenvalue weighted by molar-refractivity contribution is 0.207. The van der Waals surface area contributed by atoms with Gasteiger partial charge in [-0.25, -0.2) is 4.79 Å². The van der Waals surface area contributed by atoms with Gasteiger partial charge in [-0.1, -0.05) is 23.4 Å². The summed E-state index contributed by atoms with van der Waals surface area (Å²) in [5, 5.41) is 7.23. The van der Waals surface area contributed by atoms with Crippen LogP contribution in [0.4, 0.5) is 4.79 Å². The van der Waals surface area contributed by atoms with Crippen LogP contribution in [-0.2, 0) is 0 Å². The van der Waals surface area contributed by atoms with E-state index in [1.54, 1.807) is 32.3 Å². The van der Waals surface area contributed by atoms with Crippen molar-refractivity contribution in [3.05, 3.63) is 59.6 Å². The summed E-state index contributed by atoms with van der Waals surface area (Å²) in [4.78, 5) is 19.1. The number of rotatable bonds is 7. The van der Waals surface area contributed by atoms with Crippen LogP contribution in [0.5, 0.6) is 17.2 Å². The van der Waals surface area contributed by atoms with Crippen molar-refractivity contribution in [3.63, 3.8) is 0 Å². The first-order chi connectivity index (χ1) is 16.0. The van der Waals surface area contributed by atoms with Crippen LogP contribution in [0.15, 0.2) is 52.7 Å². The van der Waals surface area contributed by atoms with Gasteiger partial charge in [-0.15, -0.1) is 0 Å². The Bertz CT molecular complexity index is 1200. The highest BCUT2D eigenvalue weighted by molar-refractivity contribution is 5.87. The van der Waals surface area contributed by atoms with E-state index < -0.39 is 6.04 Å². The maximum atomic E-state index is 12.8. The fourth-order valence-electron chi connectivity index (χ4n) is 3.93. The van der Waals surface area contributed by atoms with Gasteiger partial charge in [-0.05, 0) is 43.7 Å². The van der Waals surface area contributed by atoms with Crippen molar-refractivity contribution in [2.75, 3.05) is 27.9 Å². The number of hydrogen-bond acceptors (Lipinski definition) is 7. The van der Waals surface area contributed by atoms with Crippen molar-refractivity contribution in [2.24, 2.45) is 0 Å². The summed E-state index contributed by atoms with van der Waals surface area (Å²) in [6, 6.07) is 12.2. The number of methoxy groups -OCH3 is 3. The number of carbonyl (C=O) groups excluding carboxylic acids is 1. The van der Waals surface area contributed by atoms with E-state index in [0.717, 1.165) is 16.8 Å². The Morgan fingerprint density at radius 2 is 1.85 bits per heavy atom. The molecule has 0 spiro atoms. The largest absolute Gasteiger partial charge is 0.497 e. The number of ether oxygens (including phenoxy) is 3. The summed E-state index contributed by atoms with van der Waals surface area (Å²) in [7, 11) is 4.75. The molecule has 0 radical (unpaired) electrons. The van der Waals surface area contributed by atoms with Gasteiger partial charge in [-0.3, -0.25) is 4.90 Å². The molecule has 0 saturated heterocycles. The van der Waals surface area contributed by atoms with Crippen LogP contribution in [0.25, 0.3) is 17.0 Å². The number of urea groups is 1. The van der Waals surface area contributed by atoms with E-state index in [2.05, 4.69) is 15.5 Å². The second kappa shape index (κ2) is 9.23. The number of aromatic nitrogens is 2. The SMILES string of the molecule is CCN1C(=O)NC(c2ccc(OC)c(OC)c2)C(c2nc(-c3cccc(OC)c3)no2)=C1C. The first-order valence-corrected chi connectivity index (χ1v) is 10.5. The van der Waals surface area contributed by atoms with E-state index in [4.69, 9.17) is 18.7 Å². The minimum atomic E-state index is -0.515. The zero-order valence-electron chi connectivity index (χ0n) is 19.2. The first kappa shape index (κ1) is 22.2. The number of nitrogens with one attached hydrogen (secondary N) is 1. The van der Waals surface area contributed by atoms with Crippen molar-refractivity contribution in [2.45, 2.75) is 19.9 Å². The van der Waals surface area contributed by atoms with Gasteiger partial charge in [0.1, 0.15) is 5.75 Å². The molecule has 4 rings (SSSR count). The fourth-order valence-corrected chi connectivity index (χ4v) is 3.93. The lowest BCUT2D eigenvalue weighted by Crippen LogP contribution is -2.45. The summed E-state index contributed by atoms with van der Waals surface area (Å²) >= 11 is 0. The monoisotopic (exact) mass is 450 g/mol. The number of nitrogens with zero attached hydrogens (tertiary/aromatic N) is 3. The molecule has 1 aromatic heterocycles. The van der Waals surface area contributed by atoms with Crippen LogP contribution < -0.4 is 19.5 Å². The summed E-state index contributed by atoms with van der Waals surface area (Å²) in [6.07, 6.45) is 0. The third-order valence-electron chi connectivity index (χ3n) is 5.64. The highest BCUT2D eigenvalue weighted by Gasteiger charge is 2.35. The van der Waals surface area contributed by atoms with Gasteiger partial charge < -0.3 is 24.1 Å². The van der Waals surface area contributed by atoms with Crippen molar-refractivity contribution in [1.29, 1.82) is 0 Å². The number of carbonyl (C=O) groups is 1. The van der Waals surface area contributed by atoms with Crippen molar-refractivity contribution >= 4 is 11.6 Å². The number of benzene rings is 2. The Hall–Kier alpha value is -4.01. The van der Waals surface area contributed by atoms with E-state index in [0.29, 0.717) is 41.1 Å². The molecular formula is C24H26N4O5. The lowest BCUT2D eigenvalue weighted by atomic mass is 9.94. The molecule has 3 aromatic rings. The van der Waals surface area contributed by atoms with E-state index in [9.17, 15) is 4.79 Å². The van der Waals surface area contributed by atoms with Crippen LogP contribution >= 0.6 is 0 Å². The molecule has 1 unspecified atom stereocenters. The van der Waals surface area contributed by atoms with Gasteiger partial charge >= 0.3 is 6.03 Å². The molecule has 0 fully saturated rings. The second-order valence-electron chi connectivity index (χ2n) is 7.40. The smallest absolute Gasteiger partial charge is 0.322 e. The van der Waals surface area contributed by atoms with E-state index in [1.165, 1.54) is 0 Å². The van der Waals surface area contributed by atoms with Crippen molar-refractivity contribution in [3.8, 4) is 28.6 Å². The maximum absolute atomic E-state index is 12.8. The molecule has 1 aliphatic rings. The molecule has 2 aromatic carbocycles. The van der Waals surface area contributed by atoms with Gasteiger partial charge in [0, 0.05) is 17.8 Å². The zero-order chi connectivity index (χ0) is 23.5. The average molecular weight is 450 g/mol. The molecule has 1 aliphatic heterocycles. The van der Waals surface area contributed by atoms with E-state index in [1.807, 2.05) is 50.2 Å². The van der Waals surface area contributed by atoms with Gasteiger partial charge in [0.15, 0.2) is 11.5 Å². The van der Waals surface area contributed by atoms with Crippen molar-refractivity contribution in [1.82, 2.24) is 20.4 Å². The van der Waals surface area contributed by atoms with E-state index >= 15 is 0 Å². The summed E-state index contributed by atoms with van der Waals surface area (Å²) < 4.78 is 21.8. The van der Waals surface area contributed by atoms with Gasteiger partial charge in [-0.2, -0.15) is 4.98 Å². The lowest BCUT2D eigenvalue weighted by Gasteiger charge is -2.34. The molecule has 33 heavy (non-hydrogen) atoms. The predicted molar refractivity (Wildman–Crippen MR) is 122 cm³/mol. The Balaban J connectivity index is 1.81. The minimum Gasteiger partial charge on any atom is -0.497 e. The Kier molecular flexibility index (Phi) is 6.21. The third kappa shape index (κ3) is 4.09. The van der Waals surface area contributed by atoms with Gasteiger partial charge in [0.05, 0.1) is 32.9 Å². The van der Waals surface area contributed by atoms with E-state index in [-0.39, 0.29) is 6.03 Å². The second-order valence-corrected chi connectivity index (χ2v) is 7.40. The highest BCUT2D eigenvalue weighted by Crippen LogP contribution is 2.40. The molecule has 1 N–H and O–H groups in total. The Labute approximate surface area is 191 Å². The molecule has 0 bridgehead atoms. The third-order valence-corrected chi connectivity index (χ3v) is 5.64. The van der Waals surface area contributed by atoms with Crippen LogP contribution in [0, 0.1) is 0 Å². The Morgan fingerprint density at radius 1 is 1.06 bits per heavy atom. The molecule has 9 heteroatoms. The molecule has 172 valence electrons. The van der Waals surface area contributed by atoms with Crippen LogP contribution in [0.1, 0.15) is 31.3 Å². The molecule has 1 atom stereocenters. The Morgan fingerprint density at radius 3 is 2.55 bits per heavy atom. The summed E-state index contributed by atoms with van der Waals surface area (Å²) in [6.45, 7) is 4.28. The number of allylic oxidation sites excluding steroid dienone is 1. The molecule has 0 aliphatic carbocycles. The normalized spacial score (nSPS) is 16.0. The molecule has 2 heterocycles. The number of amides is 2. The average Bonchev–Trinajstić information content (AvgIpc) is 3.33. The molecule has 0 saturated carbocycles. The molecular weight excluding hydrogens is 424 g/mol. The molecule has 2 amide bonds. The maximum Gasteiger partial charge on any atom is 0.322 e. The predicted octanol–water partition coefficient (Wildman–Crippen LogP) is 4.28. The minimum absolute atomic E-state index is 0.203. The van der Waals surface area contributed by atoms with Crippen LogP contribution in [0.3, 0.4) is 0 Å². The zero-order valence-corrected chi connectivity index (χ0v) is 19.2. The summed E-state index contributed by atoms with van der Waals surface area (Å²) in [5.41, 5.74) is 3.01. The van der Waals surface area contributed by atoms with Crippen LogP contribution in [-0.4, -0.2) is 48.9 Å². The first-order valence-electron chi connectivity index (χ1n) is 10.5. The quantitative estimate of drug-likeness (QED) is 0.574.